The minimum atomic E-state index is 0.971. The number of hydrogen-bond donors (Lipinski definition) is 0. The molecule has 0 saturated carbocycles. The number of hydrogen-bond acceptors (Lipinski definition) is 3. The van der Waals surface area contributed by atoms with Crippen LogP contribution in [0.3, 0.4) is 0 Å². The largest absolute Gasteiger partial charge is 0.292 e. The molecule has 0 fully saturated rings. The molecule has 0 aliphatic rings. The van der Waals surface area contributed by atoms with E-state index in [0.29, 0.717) is 0 Å². The number of nitrogens with zero attached hydrogens (tertiary/aromatic N) is 3. The fourth-order valence-corrected chi connectivity index (χ4v) is 5.54. The topological polar surface area (TPSA) is 30.7 Å². The predicted octanol–water partition coefficient (Wildman–Crippen LogP) is 7.07. The number of aromatic nitrogens is 3. The van der Waals surface area contributed by atoms with E-state index >= 15 is 0 Å². The first-order valence-corrected chi connectivity index (χ1v) is 10.8. The molecule has 0 radical (unpaired) electrons. The first-order chi connectivity index (χ1) is 14.7. The highest BCUT2D eigenvalue weighted by Gasteiger charge is 2.18. The summed E-state index contributed by atoms with van der Waals surface area (Å²) in [4.78, 5) is 9.66. The number of benzene rings is 3. The molecule has 0 unspecified atom stereocenters. The van der Waals surface area contributed by atoms with Gasteiger partial charge in [-0.05, 0) is 50.2 Å². The highest BCUT2D eigenvalue weighted by Crippen LogP contribution is 2.40. The average Bonchev–Trinajstić information content (AvgIpc) is 3.31. The van der Waals surface area contributed by atoms with Gasteiger partial charge in [-0.3, -0.25) is 9.55 Å². The molecule has 0 saturated heterocycles. The molecular weight excluding hydrogens is 386 g/mol. The van der Waals surface area contributed by atoms with Crippen molar-refractivity contribution in [3.8, 4) is 17.1 Å². The minimum absolute atomic E-state index is 0.971. The Morgan fingerprint density at radius 3 is 2.33 bits per heavy atom. The van der Waals surface area contributed by atoms with E-state index in [-0.39, 0.29) is 0 Å². The highest BCUT2D eigenvalue weighted by atomic mass is 32.1. The third-order valence-corrected chi connectivity index (χ3v) is 6.75. The van der Waals surface area contributed by atoms with Gasteiger partial charge in [0.15, 0.2) is 0 Å². The van der Waals surface area contributed by atoms with Gasteiger partial charge in [-0.1, -0.05) is 42.5 Å². The van der Waals surface area contributed by atoms with Crippen molar-refractivity contribution in [3.05, 3.63) is 90.3 Å². The third-order valence-electron chi connectivity index (χ3n) is 5.53. The van der Waals surface area contributed by atoms with Gasteiger partial charge in [-0.25, -0.2) is 4.98 Å². The molecule has 4 heteroatoms. The molecule has 6 aromatic rings. The Labute approximate surface area is 178 Å². The van der Waals surface area contributed by atoms with E-state index in [1.165, 1.54) is 20.2 Å². The van der Waals surface area contributed by atoms with Gasteiger partial charge >= 0.3 is 0 Å². The van der Waals surface area contributed by atoms with E-state index in [0.717, 1.165) is 39.5 Å². The second-order valence-electron chi connectivity index (χ2n) is 7.65. The summed E-state index contributed by atoms with van der Waals surface area (Å²) >= 11 is 1.84. The number of rotatable bonds is 2. The lowest BCUT2D eigenvalue weighted by atomic mass is 10.1. The molecule has 0 amide bonds. The van der Waals surface area contributed by atoms with Crippen molar-refractivity contribution < 1.29 is 0 Å². The van der Waals surface area contributed by atoms with Crippen molar-refractivity contribution in [3.63, 3.8) is 0 Å². The smallest absolute Gasteiger partial charge is 0.147 e. The Balaban J connectivity index is 1.74. The zero-order valence-corrected chi connectivity index (χ0v) is 17.6. The van der Waals surface area contributed by atoms with E-state index in [1.807, 2.05) is 31.3 Å². The molecule has 3 aromatic heterocycles. The maximum absolute atomic E-state index is 5.09. The van der Waals surface area contributed by atoms with Crippen molar-refractivity contribution in [2.75, 3.05) is 0 Å². The summed E-state index contributed by atoms with van der Waals surface area (Å²) in [6, 6.07) is 27.8. The monoisotopic (exact) mass is 405 g/mol. The van der Waals surface area contributed by atoms with Gasteiger partial charge < -0.3 is 0 Å². The average molecular weight is 406 g/mol. The van der Waals surface area contributed by atoms with Gasteiger partial charge in [0.25, 0.3) is 0 Å². The number of fused-ring (bicyclic) bond motifs is 4. The Hall–Kier alpha value is -3.50. The zero-order valence-electron chi connectivity index (χ0n) is 16.8. The van der Waals surface area contributed by atoms with Gasteiger partial charge in [0.2, 0.25) is 0 Å². The quantitative estimate of drug-likeness (QED) is 0.308. The van der Waals surface area contributed by atoms with E-state index in [1.54, 1.807) is 0 Å². The zero-order chi connectivity index (χ0) is 20.2. The molecule has 0 bridgehead atoms. The van der Waals surface area contributed by atoms with Crippen LogP contribution in [0, 0.1) is 13.8 Å². The number of pyridine rings is 1. The van der Waals surface area contributed by atoms with Crippen LogP contribution in [-0.2, 0) is 0 Å². The summed E-state index contributed by atoms with van der Waals surface area (Å²) < 4.78 is 4.85. The number of para-hydroxylation sites is 2. The number of aryl methyl sites for hydroxylation is 2. The van der Waals surface area contributed by atoms with Gasteiger partial charge in [0.1, 0.15) is 5.82 Å². The number of thiophene rings is 1. The lowest BCUT2D eigenvalue weighted by Crippen LogP contribution is -2.00. The summed E-state index contributed by atoms with van der Waals surface area (Å²) in [5.74, 6) is 0.971. The minimum Gasteiger partial charge on any atom is -0.292 e. The SMILES string of the molecule is Cc1cc(-n2c(-c3cccc4c3sc3ccccc34)nc3ccccc32)cc(C)n1. The molecule has 0 aliphatic heterocycles. The number of imidazole rings is 1. The molecule has 0 aliphatic carbocycles. The summed E-state index contributed by atoms with van der Waals surface area (Å²) in [5, 5.41) is 2.59. The van der Waals surface area contributed by atoms with E-state index in [2.05, 4.69) is 82.3 Å². The van der Waals surface area contributed by atoms with E-state index < -0.39 is 0 Å². The molecule has 0 spiro atoms. The van der Waals surface area contributed by atoms with E-state index in [9.17, 15) is 0 Å². The van der Waals surface area contributed by atoms with Crippen LogP contribution in [0.5, 0.6) is 0 Å². The second kappa shape index (κ2) is 6.51. The first-order valence-electron chi connectivity index (χ1n) is 10.0. The van der Waals surface area contributed by atoms with Crippen LogP contribution in [0.2, 0.25) is 0 Å². The molecule has 3 heterocycles. The Bertz CT molecular complexity index is 1550. The van der Waals surface area contributed by atoms with Crippen LogP contribution in [0.4, 0.5) is 0 Å². The lowest BCUT2D eigenvalue weighted by molar-refractivity contribution is 1.05. The highest BCUT2D eigenvalue weighted by molar-refractivity contribution is 7.26. The summed E-state index contributed by atoms with van der Waals surface area (Å²) in [5.41, 5.74) is 6.38. The van der Waals surface area contributed by atoms with Crippen LogP contribution >= 0.6 is 11.3 Å². The molecule has 0 N–H and O–H groups in total. The molecule has 6 rings (SSSR count). The molecule has 3 aromatic carbocycles. The molecular formula is C26H19N3S. The maximum Gasteiger partial charge on any atom is 0.147 e. The molecule has 0 atom stereocenters. The summed E-state index contributed by atoms with van der Waals surface area (Å²) in [6.07, 6.45) is 0. The lowest BCUT2D eigenvalue weighted by Gasteiger charge is -2.12. The second-order valence-corrected chi connectivity index (χ2v) is 8.70. The van der Waals surface area contributed by atoms with Crippen LogP contribution in [0.15, 0.2) is 78.9 Å². The summed E-state index contributed by atoms with van der Waals surface area (Å²) in [6.45, 7) is 4.09. The summed E-state index contributed by atoms with van der Waals surface area (Å²) in [7, 11) is 0. The van der Waals surface area contributed by atoms with Crippen molar-refractivity contribution in [1.82, 2.24) is 14.5 Å². The normalized spacial score (nSPS) is 11.7. The van der Waals surface area contributed by atoms with Gasteiger partial charge in [-0.15, -0.1) is 11.3 Å². The maximum atomic E-state index is 5.09. The molecule has 144 valence electrons. The Morgan fingerprint density at radius 2 is 1.47 bits per heavy atom. The Kier molecular flexibility index (Phi) is 3.77. The van der Waals surface area contributed by atoms with Crippen molar-refractivity contribution in [2.24, 2.45) is 0 Å². The fraction of sp³-hybridized carbons (Fsp3) is 0.0769. The predicted molar refractivity (Wildman–Crippen MR) is 127 cm³/mol. The van der Waals surface area contributed by atoms with Gasteiger partial charge in [0.05, 0.1) is 16.7 Å². The Morgan fingerprint density at radius 1 is 0.733 bits per heavy atom. The molecule has 3 nitrogen and oxygen atoms in total. The van der Waals surface area contributed by atoms with Crippen LogP contribution in [0.1, 0.15) is 11.4 Å². The third kappa shape index (κ3) is 2.57. The molecule has 30 heavy (non-hydrogen) atoms. The van der Waals surface area contributed by atoms with Gasteiger partial charge in [-0.2, -0.15) is 0 Å². The van der Waals surface area contributed by atoms with Crippen LogP contribution < -0.4 is 0 Å². The van der Waals surface area contributed by atoms with Crippen molar-refractivity contribution >= 4 is 42.5 Å². The first kappa shape index (κ1) is 17.4. The fourth-order valence-electron chi connectivity index (χ4n) is 4.33. The standard InChI is InChI=1S/C26H19N3S/c1-16-14-18(15-17(2)27-16)29-23-12-5-4-11-22(23)28-26(29)21-10-7-9-20-19-8-3-6-13-24(19)30-25(20)21/h3-15H,1-2H3. The van der Waals surface area contributed by atoms with Gasteiger partial charge in [0, 0.05) is 37.1 Å². The van der Waals surface area contributed by atoms with Crippen LogP contribution in [-0.4, -0.2) is 14.5 Å². The van der Waals surface area contributed by atoms with Crippen molar-refractivity contribution in [2.45, 2.75) is 13.8 Å². The van der Waals surface area contributed by atoms with E-state index in [4.69, 9.17) is 4.98 Å². The van der Waals surface area contributed by atoms with Crippen LogP contribution in [0.25, 0.3) is 48.3 Å². The van der Waals surface area contributed by atoms with Crippen molar-refractivity contribution in [1.29, 1.82) is 0 Å².